The first-order valence-corrected chi connectivity index (χ1v) is 18.7. The Hall–Kier alpha value is -3.72. The van der Waals surface area contributed by atoms with E-state index in [9.17, 15) is 19.8 Å². The van der Waals surface area contributed by atoms with Crippen molar-refractivity contribution in [2.75, 3.05) is 7.05 Å². The third kappa shape index (κ3) is 12.6. The maximum atomic E-state index is 13.9. The fourth-order valence-corrected chi connectivity index (χ4v) is 6.81. The lowest BCUT2D eigenvalue weighted by molar-refractivity contribution is -0.140. The molecule has 4 aromatic rings. The molecule has 11 nitrogen and oxygen atoms in total. The summed E-state index contributed by atoms with van der Waals surface area (Å²) in [6, 6.07) is 17.1. The van der Waals surface area contributed by atoms with Crippen LogP contribution in [0.15, 0.2) is 77.8 Å². The molecule has 0 radical (unpaired) electrons. The third-order valence-electron chi connectivity index (χ3n) is 8.22. The third-order valence-corrected chi connectivity index (χ3v) is 10.2. The zero-order valence-electron chi connectivity index (χ0n) is 29.4. The summed E-state index contributed by atoms with van der Waals surface area (Å²) in [7, 11) is 1.68. The van der Waals surface area contributed by atoms with Crippen LogP contribution in [0.1, 0.15) is 66.7 Å². The Morgan fingerprint density at radius 3 is 2.16 bits per heavy atom. The molecule has 3 amide bonds. The van der Waals surface area contributed by atoms with Crippen molar-refractivity contribution in [3.05, 3.63) is 104 Å². The van der Waals surface area contributed by atoms with E-state index in [1.165, 1.54) is 16.2 Å². The van der Waals surface area contributed by atoms with E-state index >= 15 is 0 Å². The molecule has 50 heavy (non-hydrogen) atoms. The molecule has 0 aliphatic heterocycles. The maximum absolute atomic E-state index is 13.9. The van der Waals surface area contributed by atoms with Gasteiger partial charge in [0.25, 0.3) is 0 Å². The summed E-state index contributed by atoms with van der Waals surface area (Å²) in [5, 5.41) is 34.5. The molecule has 2 aromatic heterocycles. The van der Waals surface area contributed by atoms with E-state index in [0.717, 1.165) is 26.7 Å². The van der Waals surface area contributed by atoms with Crippen LogP contribution in [0.3, 0.4) is 0 Å². The minimum Gasteiger partial charge on any atom is -0.391 e. The Morgan fingerprint density at radius 2 is 1.58 bits per heavy atom. The second-order valence-electron chi connectivity index (χ2n) is 13.2. The van der Waals surface area contributed by atoms with Gasteiger partial charge < -0.3 is 30.5 Å². The van der Waals surface area contributed by atoms with Gasteiger partial charge in [0.05, 0.1) is 40.3 Å². The molecule has 5 N–H and O–H groups in total. The van der Waals surface area contributed by atoms with Gasteiger partial charge in [-0.15, -0.1) is 22.7 Å². The minimum atomic E-state index is -1.35. The molecule has 0 aliphatic rings. The molecule has 5 unspecified atom stereocenters. The van der Waals surface area contributed by atoms with Gasteiger partial charge in [-0.2, -0.15) is 0 Å². The SMILES string of the molecule is CC(C)c1nc(CN(C)C(=O)NC(C(=O)NC(Cc2ccccc2)CC(O)C(Cc2ccccc2)NC(O)OCc2cncs2)C(C)C)cs1. The van der Waals surface area contributed by atoms with Crippen molar-refractivity contribution in [3.8, 4) is 0 Å². The quantitative estimate of drug-likeness (QED) is 0.0844. The molecule has 0 spiro atoms. The second-order valence-corrected chi connectivity index (χ2v) is 15.0. The summed E-state index contributed by atoms with van der Waals surface area (Å²) in [6.45, 7) is 8.42. The first-order valence-electron chi connectivity index (χ1n) is 16.9. The lowest BCUT2D eigenvalue weighted by Gasteiger charge is -2.31. The van der Waals surface area contributed by atoms with Crippen molar-refractivity contribution >= 4 is 34.6 Å². The first-order chi connectivity index (χ1) is 24.0. The first kappa shape index (κ1) is 39.1. The number of carbonyl (C=O) groups is 2. The molecular weight excluding hydrogens is 673 g/mol. The molecule has 0 bridgehead atoms. The van der Waals surface area contributed by atoms with E-state index in [1.54, 1.807) is 30.1 Å². The number of aliphatic hydroxyl groups excluding tert-OH is 2. The van der Waals surface area contributed by atoms with Gasteiger partial charge in [-0.05, 0) is 36.3 Å². The highest BCUT2D eigenvalue weighted by Crippen LogP contribution is 2.20. The average molecular weight is 723 g/mol. The fourth-order valence-electron chi connectivity index (χ4n) is 5.47. The Morgan fingerprint density at radius 1 is 0.920 bits per heavy atom. The van der Waals surface area contributed by atoms with Gasteiger partial charge in [-0.3, -0.25) is 15.1 Å². The van der Waals surface area contributed by atoms with Gasteiger partial charge in [0, 0.05) is 36.6 Å². The molecule has 0 saturated heterocycles. The van der Waals surface area contributed by atoms with Gasteiger partial charge in [-0.25, -0.2) is 9.78 Å². The Kier molecular flexibility index (Phi) is 15.3. The Labute approximate surface area is 303 Å². The normalized spacial score (nSPS) is 14.6. The number of hydrogen-bond acceptors (Lipinski definition) is 10. The number of aromatic nitrogens is 2. The van der Waals surface area contributed by atoms with E-state index in [0.29, 0.717) is 25.3 Å². The molecule has 2 heterocycles. The van der Waals surface area contributed by atoms with Crippen molar-refractivity contribution in [3.63, 3.8) is 0 Å². The maximum Gasteiger partial charge on any atom is 0.318 e. The number of nitrogens with zero attached hydrogens (tertiary/aromatic N) is 3. The summed E-state index contributed by atoms with van der Waals surface area (Å²) < 4.78 is 5.62. The van der Waals surface area contributed by atoms with Crippen LogP contribution in [-0.2, 0) is 35.5 Å². The van der Waals surface area contributed by atoms with E-state index < -0.39 is 30.6 Å². The molecule has 0 saturated carbocycles. The number of amides is 3. The van der Waals surface area contributed by atoms with Gasteiger partial charge >= 0.3 is 6.03 Å². The van der Waals surface area contributed by atoms with Crippen LogP contribution in [0, 0.1) is 5.92 Å². The summed E-state index contributed by atoms with van der Waals surface area (Å²) in [6.07, 6.45) is 0.377. The highest BCUT2D eigenvalue weighted by molar-refractivity contribution is 7.09. The number of nitrogens with one attached hydrogen (secondary N) is 3. The van der Waals surface area contributed by atoms with Gasteiger partial charge in [0.15, 0.2) is 0 Å². The molecule has 0 aliphatic carbocycles. The van der Waals surface area contributed by atoms with Crippen LogP contribution in [-0.4, -0.2) is 74.7 Å². The van der Waals surface area contributed by atoms with Crippen molar-refractivity contribution in [1.82, 2.24) is 30.8 Å². The zero-order chi connectivity index (χ0) is 36.0. The minimum absolute atomic E-state index is 0.167. The van der Waals surface area contributed by atoms with E-state index in [2.05, 4.69) is 39.8 Å². The van der Waals surface area contributed by atoms with Crippen molar-refractivity contribution < 1.29 is 24.5 Å². The molecule has 0 fully saturated rings. The van der Waals surface area contributed by atoms with Crippen LogP contribution in [0.2, 0.25) is 0 Å². The number of rotatable bonds is 19. The van der Waals surface area contributed by atoms with E-state index in [-0.39, 0.29) is 30.9 Å². The number of aliphatic hydroxyl groups is 2. The molecule has 2 aromatic carbocycles. The second kappa shape index (κ2) is 19.6. The number of thiazole rings is 2. The van der Waals surface area contributed by atoms with Crippen LogP contribution < -0.4 is 16.0 Å². The molecule has 13 heteroatoms. The standard InChI is InChI=1S/C37H50N6O5S2/c1-24(2)33(42-36(46)43(5)20-29-22-49-35(40-29)25(3)4)34(45)39-28(16-26-12-8-6-9-13-26)18-32(44)31(17-27-14-10-7-11-15-27)41-37(47)48-21-30-19-38-23-50-30/h6-15,19,22-25,28,31-33,37,41,44,47H,16-18,20-21H2,1-5H3,(H,39,45)(H,42,46). The number of hydrogen-bond donors (Lipinski definition) is 5. The number of carbonyl (C=O) groups excluding carboxylic acids is 2. The van der Waals surface area contributed by atoms with Gasteiger partial charge in [0.2, 0.25) is 12.3 Å². The van der Waals surface area contributed by atoms with E-state index in [4.69, 9.17) is 4.74 Å². The largest absolute Gasteiger partial charge is 0.391 e. The van der Waals surface area contributed by atoms with E-state index in [1.807, 2.05) is 79.9 Å². The van der Waals surface area contributed by atoms with Crippen LogP contribution in [0.25, 0.3) is 0 Å². The molecular formula is C37H50N6O5S2. The number of benzene rings is 2. The number of urea groups is 1. The molecule has 4 rings (SSSR count). The fraction of sp³-hybridized carbons (Fsp3) is 0.459. The monoisotopic (exact) mass is 722 g/mol. The summed E-state index contributed by atoms with van der Waals surface area (Å²) in [5.41, 5.74) is 4.45. The topological polar surface area (TPSA) is 149 Å². The summed E-state index contributed by atoms with van der Waals surface area (Å²) in [4.78, 5) is 38.2. The van der Waals surface area contributed by atoms with Gasteiger partial charge in [0.1, 0.15) is 6.04 Å². The Bertz CT molecular complexity index is 1570. The molecule has 5 atom stereocenters. The predicted octanol–water partition coefficient (Wildman–Crippen LogP) is 5.06. The van der Waals surface area contributed by atoms with Crippen molar-refractivity contribution in [2.45, 2.75) is 96.7 Å². The highest BCUT2D eigenvalue weighted by atomic mass is 32.1. The lowest BCUT2D eigenvalue weighted by Crippen LogP contribution is -2.56. The Balaban J connectivity index is 1.46. The smallest absolute Gasteiger partial charge is 0.318 e. The van der Waals surface area contributed by atoms with Crippen LogP contribution in [0.5, 0.6) is 0 Å². The average Bonchev–Trinajstić information content (AvgIpc) is 3.79. The van der Waals surface area contributed by atoms with Crippen molar-refractivity contribution in [2.24, 2.45) is 5.92 Å². The number of ether oxygens (including phenoxy) is 1. The van der Waals surface area contributed by atoms with Crippen LogP contribution in [0.4, 0.5) is 4.79 Å². The summed E-state index contributed by atoms with van der Waals surface area (Å²) in [5.74, 6) is -0.243. The van der Waals surface area contributed by atoms with Crippen LogP contribution >= 0.6 is 22.7 Å². The van der Waals surface area contributed by atoms with Crippen molar-refractivity contribution in [1.29, 1.82) is 0 Å². The highest BCUT2D eigenvalue weighted by Gasteiger charge is 2.31. The molecule has 270 valence electrons. The lowest BCUT2D eigenvalue weighted by atomic mass is 9.93. The summed E-state index contributed by atoms with van der Waals surface area (Å²) >= 11 is 3.00. The zero-order valence-corrected chi connectivity index (χ0v) is 31.0. The van der Waals surface area contributed by atoms with Gasteiger partial charge in [-0.1, -0.05) is 88.4 Å². The predicted molar refractivity (Wildman–Crippen MR) is 198 cm³/mol.